The van der Waals surface area contributed by atoms with Gasteiger partial charge in [-0.1, -0.05) is 24.3 Å². The molecule has 0 radical (unpaired) electrons. The zero-order valence-electron chi connectivity index (χ0n) is 16.5. The Labute approximate surface area is 172 Å². The SMILES string of the molecule is Cc1nc2c3ccccc3nc(NC3CCN(C(=O)c4ccccc4F)CC3)n2n1. The number of hydrogen-bond acceptors (Lipinski definition) is 5. The van der Waals surface area contributed by atoms with Crippen LogP contribution in [-0.4, -0.2) is 49.5 Å². The number of carbonyl (C=O) groups excluding carboxylic acids is 1. The molecule has 0 unspecified atom stereocenters. The number of rotatable bonds is 3. The van der Waals surface area contributed by atoms with Crippen LogP contribution >= 0.6 is 0 Å². The van der Waals surface area contributed by atoms with E-state index in [1.807, 2.05) is 31.2 Å². The molecule has 1 N–H and O–H groups in total. The molecule has 0 spiro atoms. The van der Waals surface area contributed by atoms with Gasteiger partial charge in [-0.3, -0.25) is 4.79 Å². The van der Waals surface area contributed by atoms with Crippen LogP contribution < -0.4 is 5.32 Å². The molecule has 1 aliphatic rings. The average molecular weight is 404 g/mol. The first-order valence-electron chi connectivity index (χ1n) is 10.0. The molecular formula is C22H21FN6O. The molecule has 2 aromatic heterocycles. The summed E-state index contributed by atoms with van der Waals surface area (Å²) < 4.78 is 15.7. The highest BCUT2D eigenvalue weighted by atomic mass is 19.1. The number of nitrogens with one attached hydrogen (secondary N) is 1. The Morgan fingerprint density at radius 3 is 2.60 bits per heavy atom. The number of amides is 1. The van der Waals surface area contributed by atoms with E-state index < -0.39 is 5.82 Å². The summed E-state index contributed by atoms with van der Waals surface area (Å²) in [5.41, 5.74) is 1.75. The van der Waals surface area contributed by atoms with Crippen molar-refractivity contribution in [2.75, 3.05) is 18.4 Å². The van der Waals surface area contributed by atoms with Crippen LogP contribution in [0.4, 0.5) is 10.3 Å². The third-order valence-corrected chi connectivity index (χ3v) is 5.50. The number of likely N-dealkylation sites (tertiary alicyclic amines) is 1. The van der Waals surface area contributed by atoms with Gasteiger partial charge in [0, 0.05) is 24.5 Å². The molecule has 7 nitrogen and oxygen atoms in total. The van der Waals surface area contributed by atoms with Crippen LogP contribution in [0.25, 0.3) is 16.6 Å². The van der Waals surface area contributed by atoms with E-state index in [1.54, 1.807) is 21.5 Å². The third kappa shape index (κ3) is 3.24. The predicted octanol–water partition coefficient (Wildman–Crippen LogP) is 3.44. The van der Waals surface area contributed by atoms with Crippen molar-refractivity contribution in [1.82, 2.24) is 24.5 Å². The normalized spacial score (nSPS) is 15.1. The Morgan fingerprint density at radius 1 is 1.07 bits per heavy atom. The lowest BCUT2D eigenvalue weighted by Crippen LogP contribution is -2.43. The highest BCUT2D eigenvalue weighted by Gasteiger charge is 2.26. The Balaban J connectivity index is 1.35. The molecule has 3 heterocycles. The molecule has 0 atom stereocenters. The third-order valence-electron chi connectivity index (χ3n) is 5.50. The number of aromatic nitrogens is 4. The van der Waals surface area contributed by atoms with Gasteiger partial charge in [0.1, 0.15) is 11.6 Å². The van der Waals surface area contributed by atoms with Gasteiger partial charge in [-0.25, -0.2) is 14.4 Å². The molecule has 1 amide bonds. The van der Waals surface area contributed by atoms with Crippen LogP contribution in [0, 0.1) is 12.7 Å². The lowest BCUT2D eigenvalue weighted by molar-refractivity contribution is 0.0713. The standard InChI is InChI=1S/C22H21FN6O/c1-14-24-20-17-7-3-5-9-19(17)26-22(29(20)27-14)25-15-10-12-28(13-11-15)21(30)16-6-2-4-8-18(16)23/h2-9,15H,10-13H2,1H3,(H,25,26). The Morgan fingerprint density at radius 2 is 1.80 bits per heavy atom. The summed E-state index contributed by atoms with van der Waals surface area (Å²) in [4.78, 5) is 23.6. The number of anilines is 1. The number of benzene rings is 2. The van der Waals surface area contributed by atoms with E-state index in [0.29, 0.717) is 24.9 Å². The Kier molecular flexibility index (Phi) is 4.54. The molecular weight excluding hydrogens is 383 g/mol. The number of hydrogen-bond donors (Lipinski definition) is 1. The maximum Gasteiger partial charge on any atom is 0.256 e. The fourth-order valence-corrected chi connectivity index (χ4v) is 3.97. The van der Waals surface area contributed by atoms with Crippen molar-refractivity contribution in [2.45, 2.75) is 25.8 Å². The molecule has 8 heteroatoms. The second-order valence-electron chi connectivity index (χ2n) is 7.54. The first-order chi connectivity index (χ1) is 14.6. The fourth-order valence-electron chi connectivity index (χ4n) is 3.97. The topological polar surface area (TPSA) is 75.4 Å². The summed E-state index contributed by atoms with van der Waals surface area (Å²) in [6.07, 6.45) is 1.48. The maximum atomic E-state index is 14.0. The number of piperidine rings is 1. The molecule has 1 saturated heterocycles. The summed E-state index contributed by atoms with van der Waals surface area (Å²) in [5, 5.41) is 8.93. The molecule has 0 bridgehead atoms. The summed E-state index contributed by atoms with van der Waals surface area (Å²) in [6, 6.07) is 14.1. The molecule has 1 fully saturated rings. The lowest BCUT2D eigenvalue weighted by atomic mass is 10.0. The fraction of sp³-hybridized carbons (Fsp3) is 0.273. The minimum atomic E-state index is -0.480. The van der Waals surface area contributed by atoms with Gasteiger partial charge in [0.05, 0.1) is 11.1 Å². The van der Waals surface area contributed by atoms with E-state index in [1.165, 1.54) is 12.1 Å². The van der Waals surface area contributed by atoms with Gasteiger partial charge in [0.25, 0.3) is 5.91 Å². The number of aryl methyl sites for hydroxylation is 1. The highest BCUT2D eigenvalue weighted by molar-refractivity contribution is 5.94. The van der Waals surface area contributed by atoms with E-state index in [4.69, 9.17) is 4.98 Å². The van der Waals surface area contributed by atoms with E-state index in [2.05, 4.69) is 15.4 Å². The lowest BCUT2D eigenvalue weighted by Gasteiger charge is -2.32. The van der Waals surface area contributed by atoms with Crippen molar-refractivity contribution >= 4 is 28.4 Å². The van der Waals surface area contributed by atoms with Crippen LogP contribution in [0.5, 0.6) is 0 Å². The first-order valence-corrected chi connectivity index (χ1v) is 10.0. The van der Waals surface area contributed by atoms with Crippen LogP contribution in [0.1, 0.15) is 29.0 Å². The van der Waals surface area contributed by atoms with Crippen LogP contribution in [0.3, 0.4) is 0 Å². The van der Waals surface area contributed by atoms with E-state index in [-0.39, 0.29) is 17.5 Å². The monoisotopic (exact) mass is 404 g/mol. The zero-order chi connectivity index (χ0) is 20.7. The van der Waals surface area contributed by atoms with E-state index in [0.717, 1.165) is 29.4 Å². The van der Waals surface area contributed by atoms with E-state index in [9.17, 15) is 9.18 Å². The molecule has 0 aliphatic carbocycles. The first kappa shape index (κ1) is 18.5. The van der Waals surface area contributed by atoms with Crippen molar-refractivity contribution in [2.24, 2.45) is 0 Å². The van der Waals surface area contributed by atoms with Crippen molar-refractivity contribution in [3.63, 3.8) is 0 Å². The van der Waals surface area contributed by atoms with Gasteiger partial charge < -0.3 is 10.2 Å². The summed E-state index contributed by atoms with van der Waals surface area (Å²) in [6.45, 7) is 2.97. The average Bonchev–Trinajstić information content (AvgIpc) is 3.16. The second-order valence-corrected chi connectivity index (χ2v) is 7.54. The number of fused-ring (bicyclic) bond motifs is 3. The van der Waals surface area contributed by atoms with Crippen LogP contribution in [-0.2, 0) is 0 Å². The van der Waals surface area contributed by atoms with Crippen molar-refractivity contribution in [1.29, 1.82) is 0 Å². The summed E-state index contributed by atoms with van der Waals surface area (Å²) in [7, 11) is 0. The Bertz CT molecular complexity index is 1250. The highest BCUT2D eigenvalue weighted by Crippen LogP contribution is 2.23. The number of carbonyl (C=O) groups is 1. The van der Waals surface area contributed by atoms with Gasteiger partial charge >= 0.3 is 0 Å². The molecule has 5 rings (SSSR count). The number of halogens is 1. The zero-order valence-corrected chi connectivity index (χ0v) is 16.5. The summed E-state index contributed by atoms with van der Waals surface area (Å²) in [5.74, 6) is 0.585. The van der Waals surface area contributed by atoms with Gasteiger partial charge in [0.15, 0.2) is 5.65 Å². The van der Waals surface area contributed by atoms with Crippen molar-refractivity contribution < 1.29 is 9.18 Å². The van der Waals surface area contributed by atoms with Gasteiger partial charge in [-0.05, 0) is 44.0 Å². The van der Waals surface area contributed by atoms with Crippen molar-refractivity contribution in [3.8, 4) is 0 Å². The van der Waals surface area contributed by atoms with Gasteiger partial charge in [0.2, 0.25) is 5.95 Å². The maximum absolute atomic E-state index is 14.0. The van der Waals surface area contributed by atoms with Gasteiger partial charge in [-0.15, -0.1) is 5.10 Å². The minimum absolute atomic E-state index is 0.125. The smallest absolute Gasteiger partial charge is 0.256 e. The van der Waals surface area contributed by atoms with Crippen LogP contribution in [0.15, 0.2) is 48.5 Å². The molecule has 30 heavy (non-hydrogen) atoms. The Hall–Kier alpha value is -3.55. The molecule has 4 aromatic rings. The van der Waals surface area contributed by atoms with E-state index >= 15 is 0 Å². The number of nitrogens with zero attached hydrogens (tertiary/aromatic N) is 5. The summed E-state index contributed by atoms with van der Waals surface area (Å²) >= 11 is 0. The molecule has 1 aliphatic heterocycles. The number of para-hydroxylation sites is 1. The second kappa shape index (κ2) is 7.37. The molecule has 0 saturated carbocycles. The van der Waals surface area contributed by atoms with Crippen molar-refractivity contribution in [3.05, 3.63) is 65.7 Å². The minimum Gasteiger partial charge on any atom is -0.351 e. The molecule has 2 aromatic carbocycles. The van der Waals surface area contributed by atoms with Gasteiger partial charge in [-0.2, -0.15) is 4.52 Å². The molecule has 152 valence electrons. The predicted molar refractivity (Wildman–Crippen MR) is 112 cm³/mol. The quantitative estimate of drug-likeness (QED) is 0.566. The largest absolute Gasteiger partial charge is 0.351 e. The van der Waals surface area contributed by atoms with Crippen LogP contribution in [0.2, 0.25) is 0 Å².